The third-order valence-corrected chi connectivity index (χ3v) is 3.72. The normalized spacial score (nSPS) is 18.4. The third-order valence-electron chi connectivity index (χ3n) is 3.72. The van der Waals surface area contributed by atoms with Gasteiger partial charge in [0.2, 0.25) is 0 Å². The molecular weight excluding hydrogens is 208 g/mol. The van der Waals surface area contributed by atoms with E-state index in [9.17, 15) is 0 Å². The van der Waals surface area contributed by atoms with Gasteiger partial charge in [-0.05, 0) is 51.0 Å². The van der Waals surface area contributed by atoms with Gasteiger partial charge in [0, 0.05) is 6.04 Å². The predicted molar refractivity (Wildman–Crippen MR) is 73.3 cm³/mol. The standard InChI is InChI=1S/C15H24N2/c1-2-17-12-9-15(10-13-17)16-11-8-14-6-4-3-5-7-14/h3-7,15-16H,2,8-13H2,1H3. The highest BCUT2D eigenvalue weighted by Crippen LogP contribution is 2.09. The molecule has 1 aliphatic heterocycles. The molecule has 0 amide bonds. The minimum absolute atomic E-state index is 0.738. The molecule has 1 N–H and O–H groups in total. The number of piperidine rings is 1. The van der Waals surface area contributed by atoms with Gasteiger partial charge >= 0.3 is 0 Å². The van der Waals surface area contributed by atoms with Gasteiger partial charge < -0.3 is 10.2 Å². The number of rotatable bonds is 5. The zero-order valence-corrected chi connectivity index (χ0v) is 10.9. The van der Waals surface area contributed by atoms with E-state index in [1.807, 2.05) is 0 Å². The maximum absolute atomic E-state index is 3.69. The summed E-state index contributed by atoms with van der Waals surface area (Å²) in [6, 6.07) is 11.5. The van der Waals surface area contributed by atoms with Crippen LogP contribution in [0.3, 0.4) is 0 Å². The van der Waals surface area contributed by atoms with Gasteiger partial charge in [-0.2, -0.15) is 0 Å². The van der Waals surface area contributed by atoms with E-state index in [1.54, 1.807) is 0 Å². The molecule has 2 nitrogen and oxygen atoms in total. The van der Waals surface area contributed by atoms with E-state index in [0.717, 1.165) is 19.0 Å². The number of nitrogens with zero attached hydrogens (tertiary/aromatic N) is 1. The largest absolute Gasteiger partial charge is 0.314 e. The maximum Gasteiger partial charge on any atom is 0.00915 e. The molecular formula is C15H24N2. The molecule has 1 aromatic rings. The smallest absolute Gasteiger partial charge is 0.00915 e. The van der Waals surface area contributed by atoms with Gasteiger partial charge in [0.1, 0.15) is 0 Å². The van der Waals surface area contributed by atoms with Crippen LogP contribution in [0.5, 0.6) is 0 Å². The number of likely N-dealkylation sites (tertiary alicyclic amines) is 1. The van der Waals surface area contributed by atoms with E-state index in [2.05, 4.69) is 47.5 Å². The van der Waals surface area contributed by atoms with Gasteiger partial charge in [-0.3, -0.25) is 0 Å². The highest BCUT2D eigenvalue weighted by Gasteiger charge is 2.16. The van der Waals surface area contributed by atoms with Gasteiger partial charge in [-0.1, -0.05) is 37.3 Å². The van der Waals surface area contributed by atoms with Gasteiger partial charge in [0.05, 0.1) is 0 Å². The molecule has 94 valence electrons. The lowest BCUT2D eigenvalue weighted by atomic mass is 10.0. The van der Waals surface area contributed by atoms with Crippen LogP contribution in [-0.2, 0) is 6.42 Å². The molecule has 0 spiro atoms. The Kier molecular flexibility index (Phi) is 5.02. The molecule has 0 atom stereocenters. The first kappa shape index (κ1) is 12.6. The van der Waals surface area contributed by atoms with Gasteiger partial charge in [-0.25, -0.2) is 0 Å². The van der Waals surface area contributed by atoms with Crippen LogP contribution in [0.1, 0.15) is 25.3 Å². The Hall–Kier alpha value is -0.860. The van der Waals surface area contributed by atoms with E-state index in [4.69, 9.17) is 0 Å². The second-order valence-corrected chi connectivity index (χ2v) is 4.90. The zero-order valence-electron chi connectivity index (χ0n) is 10.9. The lowest BCUT2D eigenvalue weighted by molar-refractivity contribution is 0.207. The van der Waals surface area contributed by atoms with Crippen molar-refractivity contribution in [2.24, 2.45) is 0 Å². The van der Waals surface area contributed by atoms with E-state index < -0.39 is 0 Å². The van der Waals surface area contributed by atoms with Crippen LogP contribution in [0.2, 0.25) is 0 Å². The predicted octanol–water partition coefficient (Wildman–Crippen LogP) is 2.30. The first-order valence-electron chi connectivity index (χ1n) is 6.88. The summed E-state index contributed by atoms with van der Waals surface area (Å²) in [6.07, 6.45) is 3.76. The molecule has 0 aliphatic carbocycles. The Labute approximate surface area is 105 Å². The Morgan fingerprint density at radius 2 is 1.88 bits per heavy atom. The second kappa shape index (κ2) is 6.77. The monoisotopic (exact) mass is 232 g/mol. The van der Waals surface area contributed by atoms with Crippen molar-refractivity contribution < 1.29 is 0 Å². The van der Waals surface area contributed by atoms with Gasteiger partial charge in [0.15, 0.2) is 0 Å². The molecule has 1 heterocycles. The summed E-state index contributed by atoms with van der Waals surface area (Å²) in [5.41, 5.74) is 1.44. The van der Waals surface area contributed by atoms with E-state index >= 15 is 0 Å². The Balaban J connectivity index is 1.63. The van der Waals surface area contributed by atoms with Crippen LogP contribution in [0.15, 0.2) is 30.3 Å². The summed E-state index contributed by atoms with van der Waals surface area (Å²) >= 11 is 0. The summed E-state index contributed by atoms with van der Waals surface area (Å²) in [7, 11) is 0. The highest BCUT2D eigenvalue weighted by molar-refractivity contribution is 5.14. The van der Waals surface area contributed by atoms with Crippen LogP contribution >= 0.6 is 0 Å². The molecule has 0 bridgehead atoms. The van der Waals surface area contributed by atoms with E-state index in [1.165, 1.54) is 38.0 Å². The molecule has 0 radical (unpaired) electrons. The van der Waals surface area contributed by atoms with Crippen LogP contribution in [0, 0.1) is 0 Å². The Morgan fingerprint density at radius 3 is 2.53 bits per heavy atom. The molecule has 1 aliphatic rings. The van der Waals surface area contributed by atoms with E-state index in [0.29, 0.717) is 0 Å². The zero-order chi connectivity index (χ0) is 11.9. The van der Waals surface area contributed by atoms with Crippen molar-refractivity contribution in [2.45, 2.75) is 32.2 Å². The molecule has 17 heavy (non-hydrogen) atoms. The topological polar surface area (TPSA) is 15.3 Å². The van der Waals surface area contributed by atoms with Crippen LogP contribution in [0.25, 0.3) is 0 Å². The average Bonchev–Trinajstić information content (AvgIpc) is 2.41. The van der Waals surface area contributed by atoms with Gasteiger partial charge in [-0.15, -0.1) is 0 Å². The van der Waals surface area contributed by atoms with E-state index in [-0.39, 0.29) is 0 Å². The molecule has 0 saturated carbocycles. The summed E-state index contributed by atoms with van der Waals surface area (Å²) in [5, 5.41) is 3.69. The average molecular weight is 232 g/mol. The summed E-state index contributed by atoms with van der Waals surface area (Å²) in [6.45, 7) is 7.10. The number of nitrogens with one attached hydrogen (secondary N) is 1. The van der Waals surface area contributed by atoms with Crippen molar-refractivity contribution in [2.75, 3.05) is 26.2 Å². The second-order valence-electron chi connectivity index (χ2n) is 4.90. The fraction of sp³-hybridized carbons (Fsp3) is 0.600. The molecule has 1 aromatic carbocycles. The number of hydrogen-bond acceptors (Lipinski definition) is 2. The minimum atomic E-state index is 0.738. The van der Waals surface area contributed by atoms with Crippen molar-refractivity contribution in [3.05, 3.63) is 35.9 Å². The number of hydrogen-bond donors (Lipinski definition) is 1. The van der Waals surface area contributed by atoms with Crippen molar-refractivity contribution in [3.8, 4) is 0 Å². The summed E-state index contributed by atoms with van der Waals surface area (Å²) in [5.74, 6) is 0. The van der Waals surface area contributed by atoms with Crippen LogP contribution in [-0.4, -0.2) is 37.1 Å². The molecule has 1 fully saturated rings. The SMILES string of the molecule is CCN1CCC(NCCc2ccccc2)CC1. The lowest BCUT2D eigenvalue weighted by Gasteiger charge is -2.31. The third kappa shape index (κ3) is 4.14. The van der Waals surface area contributed by atoms with Gasteiger partial charge in [0.25, 0.3) is 0 Å². The molecule has 0 aromatic heterocycles. The van der Waals surface area contributed by atoms with Crippen molar-refractivity contribution >= 4 is 0 Å². The fourth-order valence-corrected chi connectivity index (χ4v) is 2.52. The van der Waals surface area contributed by atoms with Crippen molar-refractivity contribution in [3.63, 3.8) is 0 Å². The Morgan fingerprint density at radius 1 is 1.18 bits per heavy atom. The molecule has 0 unspecified atom stereocenters. The summed E-state index contributed by atoms with van der Waals surface area (Å²) < 4.78 is 0. The maximum atomic E-state index is 3.69. The Bertz CT molecular complexity index is 302. The quantitative estimate of drug-likeness (QED) is 0.838. The van der Waals surface area contributed by atoms with Crippen molar-refractivity contribution in [1.29, 1.82) is 0 Å². The van der Waals surface area contributed by atoms with Crippen LogP contribution in [0.4, 0.5) is 0 Å². The molecule has 1 saturated heterocycles. The lowest BCUT2D eigenvalue weighted by Crippen LogP contribution is -2.42. The first-order chi connectivity index (χ1) is 8.38. The first-order valence-corrected chi connectivity index (χ1v) is 6.88. The van der Waals surface area contributed by atoms with Crippen molar-refractivity contribution in [1.82, 2.24) is 10.2 Å². The minimum Gasteiger partial charge on any atom is -0.314 e. The molecule has 2 rings (SSSR count). The number of benzene rings is 1. The highest BCUT2D eigenvalue weighted by atomic mass is 15.1. The fourth-order valence-electron chi connectivity index (χ4n) is 2.52. The summed E-state index contributed by atoms with van der Waals surface area (Å²) in [4.78, 5) is 2.54. The molecule has 2 heteroatoms. The van der Waals surface area contributed by atoms with Crippen LogP contribution < -0.4 is 5.32 Å².